The lowest BCUT2D eigenvalue weighted by molar-refractivity contribution is -0.131. The van der Waals surface area contributed by atoms with Gasteiger partial charge in [0.15, 0.2) is 0 Å². The molecule has 1 atom stereocenters. The van der Waals surface area contributed by atoms with Crippen molar-refractivity contribution in [3.8, 4) is 5.69 Å². The molecule has 1 amide bonds. The maximum atomic E-state index is 12.5. The molecule has 140 valence electrons. The molecule has 27 heavy (non-hydrogen) atoms. The van der Waals surface area contributed by atoms with Gasteiger partial charge in [-0.3, -0.25) is 9.78 Å². The van der Waals surface area contributed by atoms with Crippen LogP contribution < -0.4 is 0 Å². The van der Waals surface area contributed by atoms with E-state index in [4.69, 9.17) is 0 Å². The fourth-order valence-corrected chi connectivity index (χ4v) is 3.53. The van der Waals surface area contributed by atoms with Gasteiger partial charge >= 0.3 is 0 Å². The second kappa shape index (κ2) is 9.32. The van der Waals surface area contributed by atoms with Crippen LogP contribution >= 0.6 is 11.8 Å². The molecular formula is C20H23N5OS. The average Bonchev–Trinajstić information content (AvgIpc) is 3.26. The van der Waals surface area contributed by atoms with Crippen molar-refractivity contribution in [3.63, 3.8) is 0 Å². The summed E-state index contributed by atoms with van der Waals surface area (Å²) in [4.78, 5) is 22.6. The highest BCUT2D eigenvalue weighted by atomic mass is 32.2. The van der Waals surface area contributed by atoms with E-state index in [1.807, 2.05) is 61.3 Å². The molecule has 3 rings (SSSR count). The van der Waals surface area contributed by atoms with Gasteiger partial charge in [-0.2, -0.15) is 16.9 Å². The van der Waals surface area contributed by atoms with Crippen LogP contribution in [0.2, 0.25) is 0 Å². The monoisotopic (exact) mass is 381 g/mol. The lowest BCUT2D eigenvalue weighted by Gasteiger charge is -2.25. The highest BCUT2D eigenvalue weighted by Crippen LogP contribution is 2.21. The fourth-order valence-electron chi connectivity index (χ4n) is 2.68. The normalized spacial score (nSPS) is 11.9. The van der Waals surface area contributed by atoms with Crippen molar-refractivity contribution >= 4 is 17.7 Å². The number of rotatable bonds is 8. The molecule has 1 unspecified atom stereocenters. The van der Waals surface area contributed by atoms with E-state index in [2.05, 4.69) is 15.1 Å². The third-order valence-electron chi connectivity index (χ3n) is 4.47. The SMILES string of the molecule is CC(c1ccc(-n2cncn2)cc1)N(C)C(=O)CCSCc1ccccn1. The molecule has 2 heterocycles. The number of benzene rings is 1. The Balaban J connectivity index is 1.48. The van der Waals surface area contributed by atoms with E-state index >= 15 is 0 Å². The summed E-state index contributed by atoms with van der Waals surface area (Å²) in [5.74, 6) is 1.77. The Labute approximate surface area is 163 Å². The maximum Gasteiger partial charge on any atom is 0.223 e. The first-order valence-electron chi connectivity index (χ1n) is 8.83. The number of carbonyl (C=O) groups is 1. The number of thioether (sulfide) groups is 1. The van der Waals surface area contributed by atoms with Crippen LogP contribution in [-0.2, 0) is 10.5 Å². The van der Waals surface area contributed by atoms with E-state index in [1.54, 1.807) is 29.0 Å². The summed E-state index contributed by atoms with van der Waals surface area (Å²) in [6.45, 7) is 2.05. The highest BCUT2D eigenvalue weighted by Gasteiger charge is 2.17. The second-order valence-electron chi connectivity index (χ2n) is 6.24. The predicted molar refractivity (Wildman–Crippen MR) is 108 cm³/mol. The number of carbonyl (C=O) groups excluding carboxylic acids is 1. The van der Waals surface area contributed by atoms with Gasteiger partial charge in [0, 0.05) is 31.2 Å². The van der Waals surface area contributed by atoms with E-state index in [0.29, 0.717) is 6.42 Å². The average molecular weight is 382 g/mol. The molecular weight excluding hydrogens is 358 g/mol. The largest absolute Gasteiger partial charge is 0.339 e. The molecule has 0 saturated carbocycles. The number of aromatic nitrogens is 4. The molecule has 2 aromatic heterocycles. The van der Waals surface area contributed by atoms with Gasteiger partial charge in [-0.25, -0.2) is 9.67 Å². The van der Waals surface area contributed by atoms with E-state index in [9.17, 15) is 4.79 Å². The van der Waals surface area contributed by atoms with Crippen LogP contribution in [0.1, 0.15) is 30.6 Å². The van der Waals surface area contributed by atoms with Crippen LogP contribution in [0.15, 0.2) is 61.3 Å². The van der Waals surface area contributed by atoms with E-state index in [1.165, 1.54) is 6.33 Å². The maximum absolute atomic E-state index is 12.5. The first-order chi connectivity index (χ1) is 13.1. The molecule has 0 N–H and O–H groups in total. The summed E-state index contributed by atoms with van der Waals surface area (Å²) in [5, 5.41) is 4.12. The zero-order valence-electron chi connectivity index (χ0n) is 15.5. The zero-order valence-corrected chi connectivity index (χ0v) is 16.3. The molecule has 0 aliphatic carbocycles. The van der Waals surface area contributed by atoms with Crippen LogP contribution in [0, 0.1) is 0 Å². The smallest absolute Gasteiger partial charge is 0.223 e. The molecule has 3 aromatic rings. The summed E-state index contributed by atoms with van der Waals surface area (Å²) in [5.41, 5.74) is 3.09. The molecule has 0 fully saturated rings. The van der Waals surface area contributed by atoms with E-state index < -0.39 is 0 Å². The van der Waals surface area contributed by atoms with Gasteiger partial charge in [-0.05, 0) is 36.8 Å². The Hall–Kier alpha value is -2.67. The number of hydrogen-bond donors (Lipinski definition) is 0. The summed E-state index contributed by atoms with van der Waals surface area (Å²) in [7, 11) is 1.86. The number of pyridine rings is 1. The minimum absolute atomic E-state index is 0.0167. The first kappa shape index (κ1) is 19.1. The molecule has 1 aromatic carbocycles. The number of hydrogen-bond acceptors (Lipinski definition) is 5. The molecule has 0 saturated heterocycles. The Morgan fingerprint density at radius 1 is 1.22 bits per heavy atom. The summed E-state index contributed by atoms with van der Waals surface area (Å²) >= 11 is 1.73. The van der Waals surface area contributed by atoms with Gasteiger partial charge in [0.05, 0.1) is 17.4 Å². The Morgan fingerprint density at radius 2 is 2.04 bits per heavy atom. The van der Waals surface area contributed by atoms with Gasteiger partial charge in [-0.1, -0.05) is 18.2 Å². The van der Waals surface area contributed by atoms with E-state index in [0.717, 1.165) is 28.5 Å². The molecule has 6 nitrogen and oxygen atoms in total. The quantitative estimate of drug-likeness (QED) is 0.559. The van der Waals surface area contributed by atoms with Gasteiger partial charge < -0.3 is 4.90 Å². The van der Waals surface area contributed by atoms with Crippen molar-refractivity contribution in [2.45, 2.75) is 25.1 Å². The standard InChI is InChI=1S/C20H23N5OS/c1-16(17-6-8-19(9-7-17)25-15-21-14-23-25)24(2)20(26)10-12-27-13-18-5-3-4-11-22-18/h3-9,11,14-16H,10,12-13H2,1-2H3. The van der Waals surface area contributed by atoms with Crippen molar-refractivity contribution in [2.75, 3.05) is 12.8 Å². The van der Waals surface area contributed by atoms with Crippen molar-refractivity contribution in [2.24, 2.45) is 0 Å². The van der Waals surface area contributed by atoms with Crippen LogP contribution in [0.4, 0.5) is 0 Å². The summed E-state index contributed by atoms with van der Waals surface area (Å²) in [6, 6.07) is 13.9. The van der Waals surface area contributed by atoms with Crippen molar-refractivity contribution < 1.29 is 4.79 Å². The van der Waals surface area contributed by atoms with Crippen LogP contribution in [0.5, 0.6) is 0 Å². The van der Waals surface area contributed by atoms with Gasteiger partial charge in [-0.15, -0.1) is 0 Å². The van der Waals surface area contributed by atoms with Crippen molar-refractivity contribution in [1.82, 2.24) is 24.6 Å². The number of amides is 1. The zero-order chi connectivity index (χ0) is 19.1. The van der Waals surface area contributed by atoms with E-state index in [-0.39, 0.29) is 11.9 Å². The Kier molecular flexibility index (Phi) is 6.59. The Bertz CT molecular complexity index is 837. The molecule has 0 bridgehead atoms. The second-order valence-corrected chi connectivity index (χ2v) is 7.34. The highest BCUT2D eigenvalue weighted by molar-refractivity contribution is 7.98. The first-order valence-corrected chi connectivity index (χ1v) is 9.99. The number of nitrogens with zero attached hydrogens (tertiary/aromatic N) is 5. The lowest BCUT2D eigenvalue weighted by atomic mass is 10.1. The minimum Gasteiger partial charge on any atom is -0.339 e. The summed E-state index contributed by atoms with van der Waals surface area (Å²) in [6.07, 6.45) is 5.49. The molecule has 0 spiro atoms. The van der Waals surface area contributed by atoms with Crippen LogP contribution in [0.25, 0.3) is 5.69 Å². The van der Waals surface area contributed by atoms with Crippen LogP contribution in [-0.4, -0.2) is 43.4 Å². The third kappa shape index (κ3) is 5.17. The Morgan fingerprint density at radius 3 is 2.70 bits per heavy atom. The molecule has 0 aliphatic heterocycles. The van der Waals surface area contributed by atoms with Gasteiger partial charge in [0.1, 0.15) is 12.7 Å². The van der Waals surface area contributed by atoms with Gasteiger partial charge in [0.25, 0.3) is 0 Å². The lowest BCUT2D eigenvalue weighted by Crippen LogP contribution is -2.29. The van der Waals surface area contributed by atoms with Crippen LogP contribution in [0.3, 0.4) is 0 Å². The molecule has 0 radical (unpaired) electrons. The minimum atomic E-state index is 0.0167. The fraction of sp³-hybridized carbons (Fsp3) is 0.300. The molecule has 0 aliphatic rings. The topological polar surface area (TPSA) is 63.9 Å². The van der Waals surface area contributed by atoms with Crippen molar-refractivity contribution in [1.29, 1.82) is 0 Å². The van der Waals surface area contributed by atoms with Crippen molar-refractivity contribution in [3.05, 3.63) is 72.6 Å². The third-order valence-corrected chi connectivity index (χ3v) is 5.46. The summed E-state index contributed by atoms with van der Waals surface area (Å²) < 4.78 is 1.71. The predicted octanol–water partition coefficient (Wildman–Crippen LogP) is 3.51. The van der Waals surface area contributed by atoms with Gasteiger partial charge in [0.2, 0.25) is 5.91 Å². The molecule has 7 heteroatoms.